The number of esters is 1. The lowest BCUT2D eigenvalue weighted by molar-refractivity contribution is -0.153. The molecule has 0 aromatic carbocycles. The van der Waals surface area contributed by atoms with Crippen LogP contribution in [0.1, 0.15) is 32.1 Å². The topological polar surface area (TPSA) is 99.6 Å². The average molecular weight is 534 g/mol. The zero-order valence-electron chi connectivity index (χ0n) is 21.5. The van der Waals surface area contributed by atoms with Crippen molar-refractivity contribution in [2.75, 3.05) is 65.7 Å². The number of unbranched alkanes of at least 4 members (excludes halogenated alkanes) is 3. The van der Waals surface area contributed by atoms with E-state index in [2.05, 4.69) is 11.0 Å². The summed E-state index contributed by atoms with van der Waals surface area (Å²) in [6, 6.07) is -0.634. The van der Waals surface area contributed by atoms with Crippen molar-refractivity contribution in [3.8, 4) is 0 Å². The number of carbonyl (C=O) groups is 3. The van der Waals surface area contributed by atoms with E-state index in [1.54, 1.807) is 16.7 Å². The van der Waals surface area contributed by atoms with Crippen molar-refractivity contribution < 1.29 is 29.0 Å². The molecular formula is C27H39N3O6S. The molecule has 5 heterocycles. The van der Waals surface area contributed by atoms with Gasteiger partial charge in [-0.2, -0.15) is 0 Å². The predicted octanol–water partition coefficient (Wildman–Crippen LogP) is 1.07. The maximum absolute atomic E-state index is 14.2. The number of rotatable bonds is 9. The first-order valence-corrected chi connectivity index (χ1v) is 14.6. The third-order valence-electron chi connectivity index (χ3n) is 8.30. The van der Waals surface area contributed by atoms with Crippen LogP contribution in [0, 0.1) is 11.8 Å². The number of morpholine rings is 1. The third-order valence-corrected chi connectivity index (χ3v) is 10.0. The van der Waals surface area contributed by atoms with Crippen LogP contribution in [0.25, 0.3) is 0 Å². The second kappa shape index (κ2) is 11.9. The van der Waals surface area contributed by atoms with E-state index in [0.29, 0.717) is 45.9 Å². The van der Waals surface area contributed by atoms with Crippen LogP contribution in [-0.4, -0.2) is 119 Å². The van der Waals surface area contributed by atoms with Gasteiger partial charge in [-0.3, -0.25) is 19.3 Å². The first-order chi connectivity index (χ1) is 18.1. The van der Waals surface area contributed by atoms with Crippen LogP contribution in [0.3, 0.4) is 0 Å². The van der Waals surface area contributed by atoms with Crippen LogP contribution in [-0.2, 0) is 23.9 Å². The summed E-state index contributed by atoms with van der Waals surface area (Å²) in [6.07, 6.45) is 12.1. The lowest BCUT2D eigenvalue weighted by Crippen LogP contribution is -2.54. The highest BCUT2D eigenvalue weighted by atomic mass is 32.2. The Hall–Kier alpha value is -1.88. The maximum Gasteiger partial charge on any atom is 0.311 e. The molecule has 10 heteroatoms. The van der Waals surface area contributed by atoms with Crippen LogP contribution in [0.2, 0.25) is 0 Å². The molecule has 2 amide bonds. The molecule has 1 unspecified atom stereocenters. The Bertz CT molecular complexity index is 922. The van der Waals surface area contributed by atoms with E-state index in [-0.39, 0.29) is 29.6 Å². The van der Waals surface area contributed by atoms with Gasteiger partial charge in [0, 0.05) is 51.1 Å². The monoisotopic (exact) mass is 533 g/mol. The minimum atomic E-state index is -0.782. The molecule has 5 aliphatic heterocycles. The number of carbonyl (C=O) groups excluding carboxylic acids is 3. The van der Waals surface area contributed by atoms with Gasteiger partial charge in [0.25, 0.3) is 0 Å². The van der Waals surface area contributed by atoms with Gasteiger partial charge in [-0.1, -0.05) is 37.1 Å². The molecule has 5 aliphatic rings. The van der Waals surface area contributed by atoms with Crippen molar-refractivity contribution in [2.24, 2.45) is 11.8 Å². The highest BCUT2D eigenvalue weighted by Gasteiger charge is 2.70. The Labute approximate surface area is 223 Å². The fourth-order valence-corrected chi connectivity index (χ4v) is 8.43. The van der Waals surface area contributed by atoms with Gasteiger partial charge in [-0.05, 0) is 19.3 Å². The molecule has 5 rings (SSSR count). The molecule has 204 valence electrons. The summed E-state index contributed by atoms with van der Waals surface area (Å²) in [5.41, 5.74) is 0. The number of likely N-dealkylation sites (tertiary alicyclic amines) is 1. The number of ether oxygens (including phenoxy) is 2. The number of nitrogens with zero attached hydrogens (tertiary/aromatic N) is 3. The molecule has 37 heavy (non-hydrogen) atoms. The molecule has 9 nitrogen and oxygen atoms in total. The Balaban J connectivity index is 1.42. The molecule has 0 aromatic heterocycles. The third kappa shape index (κ3) is 5.22. The van der Waals surface area contributed by atoms with Gasteiger partial charge in [-0.15, -0.1) is 11.8 Å². The molecule has 0 aliphatic carbocycles. The van der Waals surface area contributed by atoms with Crippen molar-refractivity contribution in [1.82, 2.24) is 14.7 Å². The van der Waals surface area contributed by atoms with Crippen molar-refractivity contribution >= 4 is 29.5 Å². The Kier molecular flexibility index (Phi) is 8.58. The molecule has 1 spiro atoms. The lowest BCUT2D eigenvalue weighted by Gasteiger charge is -2.36. The van der Waals surface area contributed by atoms with E-state index in [4.69, 9.17) is 14.6 Å². The molecule has 0 aromatic rings. The standard InChI is InChI=1S/C27H39N3O6S/c31-16-5-2-1-4-11-30-23-25(33)29(13-12-28-14-18-35-19-15-28)10-7-9-27(23)22(24(30)32)21-20(37-27)8-3-6-17-36-26(21)34/h3,7-9,20-23,31H,1-2,4-6,10-19H2/t20-,21+,22+,23?,27+/m1/s1. The van der Waals surface area contributed by atoms with E-state index in [9.17, 15) is 14.4 Å². The normalized spacial score (nSPS) is 34.0. The number of thioether (sulfide) groups is 1. The maximum atomic E-state index is 14.2. The predicted molar refractivity (Wildman–Crippen MR) is 140 cm³/mol. The van der Waals surface area contributed by atoms with Crippen molar-refractivity contribution in [1.29, 1.82) is 0 Å². The van der Waals surface area contributed by atoms with Gasteiger partial charge >= 0.3 is 5.97 Å². The number of aliphatic hydroxyl groups is 1. The Morgan fingerprint density at radius 1 is 0.973 bits per heavy atom. The van der Waals surface area contributed by atoms with Gasteiger partial charge < -0.3 is 24.4 Å². The summed E-state index contributed by atoms with van der Waals surface area (Å²) < 4.78 is 10.2. The van der Waals surface area contributed by atoms with E-state index < -0.39 is 22.6 Å². The summed E-state index contributed by atoms with van der Waals surface area (Å²) >= 11 is 1.60. The second-order valence-electron chi connectivity index (χ2n) is 10.5. The Morgan fingerprint density at radius 3 is 2.59 bits per heavy atom. The summed E-state index contributed by atoms with van der Waals surface area (Å²) in [5, 5.41) is 8.93. The molecule has 0 radical (unpaired) electrons. The molecule has 0 saturated carbocycles. The number of hydrogen-bond donors (Lipinski definition) is 1. The molecular weight excluding hydrogens is 494 g/mol. The van der Waals surface area contributed by atoms with Crippen molar-refractivity contribution in [2.45, 2.75) is 48.1 Å². The molecule has 3 saturated heterocycles. The van der Waals surface area contributed by atoms with Gasteiger partial charge in [-0.25, -0.2) is 0 Å². The molecule has 1 N–H and O–H groups in total. The smallest absolute Gasteiger partial charge is 0.311 e. The zero-order valence-corrected chi connectivity index (χ0v) is 22.3. The SMILES string of the molecule is O=C1OCCC=C[C@H]2S[C@]34C=CCN(CCN5CCOCC5)C(=O)C3N(CCCCCCO)C(=O)[C@@H]4[C@@H]12. The first kappa shape index (κ1) is 26.7. The van der Waals surface area contributed by atoms with Gasteiger partial charge in [0.1, 0.15) is 6.04 Å². The number of fused-ring (bicyclic) bond motifs is 2. The van der Waals surface area contributed by atoms with Crippen LogP contribution < -0.4 is 0 Å². The van der Waals surface area contributed by atoms with Crippen LogP contribution in [0.5, 0.6) is 0 Å². The van der Waals surface area contributed by atoms with Gasteiger partial charge in [0.2, 0.25) is 11.8 Å². The average Bonchev–Trinajstić information content (AvgIpc) is 3.27. The molecule has 0 bridgehead atoms. The van der Waals surface area contributed by atoms with Crippen molar-refractivity contribution in [3.63, 3.8) is 0 Å². The van der Waals surface area contributed by atoms with Crippen molar-refractivity contribution in [3.05, 3.63) is 24.3 Å². The van der Waals surface area contributed by atoms with Crippen LogP contribution in [0.15, 0.2) is 24.3 Å². The van der Waals surface area contributed by atoms with Crippen LogP contribution >= 0.6 is 11.8 Å². The Morgan fingerprint density at radius 2 is 1.78 bits per heavy atom. The van der Waals surface area contributed by atoms with E-state index in [1.807, 2.05) is 23.1 Å². The highest BCUT2D eigenvalue weighted by Crippen LogP contribution is 2.60. The summed E-state index contributed by atoms with van der Waals surface area (Å²) in [6.45, 7) is 5.97. The van der Waals surface area contributed by atoms with Gasteiger partial charge in [0.05, 0.1) is 36.4 Å². The minimum absolute atomic E-state index is 0.0245. The first-order valence-electron chi connectivity index (χ1n) is 13.8. The zero-order chi connectivity index (χ0) is 25.8. The largest absolute Gasteiger partial charge is 0.465 e. The quantitative estimate of drug-likeness (QED) is 0.267. The van der Waals surface area contributed by atoms with E-state index in [0.717, 1.165) is 45.3 Å². The van der Waals surface area contributed by atoms with Gasteiger partial charge in [0.15, 0.2) is 0 Å². The fourth-order valence-electron chi connectivity index (χ4n) is 6.43. The summed E-state index contributed by atoms with van der Waals surface area (Å²) in [4.78, 5) is 47.4. The number of hydrogen-bond acceptors (Lipinski definition) is 8. The fraction of sp³-hybridized carbons (Fsp3) is 0.741. The van der Waals surface area contributed by atoms with Crippen LogP contribution in [0.4, 0.5) is 0 Å². The summed E-state index contributed by atoms with van der Waals surface area (Å²) in [5.74, 6) is -1.66. The highest BCUT2D eigenvalue weighted by molar-refractivity contribution is 8.02. The molecule has 3 fully saturated rings. The minimum Gasteiger partial charge on any atom is -0.465 e. The number of amides is 2. The van der Waals surface area contributed by atoms with E-state index in [1.165, 1.54) is 0 Å². The number of cyclic esters (lactones) is 1. The molecule has 5 atom stereocenters. The number of aliphatic hydroxyl groups excluding tert-OH is 1. The summed E-state index contributed by atoms with van der Waals surface area (Å²) in [7, 11) is 0. The van der Waals surface area contributed by atoms with E-state index >= 15 is 0 Å². The second-order valence-corrected chi connectivity index (χ2v) is 12.0. The lowest BCUT2D eigenvalue weighted by atomic mass is 9.78.